The quantitative estimate of drug-likeness (QED) is 0.605. The predicted molar refractivity (Wildman–Crippen MR) is 91.1 cm³/mol. The van der Waals surface area contributed by atoms with Crippen LogP contribution in [-0.2, 0) is 0 Å². The van der Waals surface area contributed by atoms with Crippen molar-refractivity contribution in [3.05, 3.63) is 66.5 Å². The molecule has 8 heteroatoms. The molecule has 0 amide bonds. The highest BCUT2D eigenvalue weighted by molar-refractivity contribution is 5.68. The summed E-state index contributed by atoms with van der Waals surface area (Å²) in [5, 5.41) is 2.94. The Morgan fingerprint density at radius 3 is 2.58 bits per heavy atom. The molecule has 0 spiro atoms. The molecule has 4 aromatic rings. The second-order valence-corrected chi connectivity index (χ2v) is 5.60. The lowest BCUT2D eigenvalue weighted by atomic mass is 10.1. The van der Waals surface area contributed by atoms with Gasteiger partial charge < -0.3 is 5.32 Å². The molecule has 0 atom stereocenters. The van der Waals surface area contributed by atoms with E-state index in [-0.39, 0.29) is 5.69 Å². The molecular formula is C18H12F3N5. The molecule has 0 unspecified atom stereocenters. The van der Waals surface area contributed by atoms with Gasteiger partial charge in [0.25, 0.3) is 0 Å². The van der Waals surface area contributed by atoms with E-state index in [1.165, 1.54) is 12.3 Å². The predicted octanol–water partition coefficient (Wildman–Crippen LogP) is 3.92. The number of rotatable bonds is 3. The third-order valence-electron chi connectivity index (χ3n) is 3.92. The number of aromatic nitrogens is 4. The van der Waals surface area contributed by atoms with Crippen molar-refractivity contribution < 1.29 is 13.2 Å². The van der Waals surface area contributed by atoms with Gasteiger partial charge in [-0.15, -0.1) is 0 Å². The fourth-order valence-corrected chi connectivity index (χ4v) is 2.64. The SMILES string of the molecule is CNc1ccc(F)c(-c2cn3cc(-c4ncc(F)cc4F)cnc3n2)c1. The minimum atomic E-state index is -0.792. The Balaban J connectivity index is 1.82. The van der Waals surface area contributed by atoms with Crippen molar-refractivity contribution in [1.29, 1.82) is 0 Å². The van der Waals surface area contributed by atoms with Gasteiger partial charge >= 0.3 is 0 Å². The lowest BCUT2D eigenvalue weighted by molar-refractivity contribution is 0.576. The summed E-state index contributed by atoms with van der Waals surface area (Å²) in [6.07, 6.45) is 5.46. The van der Waals surface area contributed by atoms with Crippen LogP contribution in [0.25, 0.3) is 28.3 Å². The lowest BCUT2D eigenvalue weighted by Crippen LogP contribution is -1.95. The topological polar surface area (TPSA) is 55.1 Å². The van der Waals surface area contributed by atoms with E-state index >= 15 is 0 Å². The molecule has 3 heterocycles. The van der Waals surface area contributed by atoms with Crippen LogP contribution in [0.3, 0.4) is 0 Å². The Morgan fingerprint density at radius 1 is 0.962 bits per heavy atom. The Bertz CT molecular complexity index is 1120. The number of anilines is 1. The molecule has 0 saturated heterocycles. The van der Waals surface area contributed by atoms with Gasteiger partial charge in [-0.1, -0.05) is 0 Å². The average molecular weight is 355 g/mol. The minimum absolute atomic E-state index is 0.0283. The molecule has 0 aliphatic rings. The smallest absolute Gasteiger partial charge is 0.234 e. The number of hydrogen-bond donors (Lipinski definition) is 1. The number of fused-ring (bicyclic) bond motifs is 1. The first-order valence-corrected chi connectivity index (χ1v) is 7.69. The second-order valence-electron chi connectivity index (χ2n) is 5.60. The molecule has 1 N–H and O–H groups in total. The molecule has 1 aromatic carbocycles. The Morgan fingerprint density at radius 2 is 1.81 bits per heavy atom. The number of nitrogens with zero attached hydrogens (tertiary/aromatic N) is 4. The van der Waals surface area contributed by atoms with E-state index in [4.69, 9.17) is 0 Å². The zero-order valence-electron chi connectivity index (χ0n) is 13.5. The van der Waals surface area contributed by atoms with Gasteiger partial charge in [-0.3, -0.25) is 4.40 Å². The molecule has 0 saturated carbocycles. The molecule has 130 valence electrons. The van der Waals surface area contributed by atoms with Crippen LogP contribution in [0, 0.1) is 17.5 Å². The summed E-state index contributed by atoms with van der Waals surface area (Å²) in [6, 6.07) is 5.36. The number of pyridine rings is 1. The van der Waals surface area contributed by atoms with E-state index in [1.54, 1.807) is 36.0 Å². The fraction of sp³-hybridized carbons (Fsp3) is 0.0556. The van der Waals surface area contributed by atoms with Gasteiger partial charge in [0.2, 0.25) is 5.78 Å². The maximum absolute atomic E-state index is 14.2. The van der Waals surface area contributed by atoms with Crippen LogP contribution < -0.4 is 5.32 Å². The number of nitrogens with one attached hydrogen (secondary N) is 1. The van der Waals surface area contributed by atoms with Crippen molar-refractivity contribution in [2.24, 2.45) is 0 Å². The van der Waals surface area contributed by atoms with Gasteiger partial charge in [-0.25, -0.2) is 28.1 Å². The van der Waals surface area contributed by atoms with E-state index in [0.29, 0.717) is 22.6 Å². The van der Waals surface area contributed by atoms with Crippen LogP contribution in [0.4, 0.5) is 18.9 Å². The summed E-state index contributed by atoms with van der Waals surface area (Å²) in [6.45, 7) is 0. The van der Waals surface area contributed by atoms with Gasteiger partial charge in [0.1, 0.15) is 17.3 Å². The van der Waals surface area contributed by atoms with Crippen molar-refractivity contribution in [3.8, 4) is 22.5 Å². The standard InChI is InChI=1S/C18H12F3N5/c1-22-12-2-3-14(20)13(5-12)16-9-26-8-10(6-24-18(26)25-16)17-15(21)4-11(19)7-23-17/h2-9,22H,1H3. The molecule has 0 aliphatic carbocycles. The highest BCUT2D eigenvalue weighted by Crippen LogP contribution is 2.26. The van der Waals surface area contributed by atoms with Gasteiger partial charge in [0, 0.05) is 48.5 Å². The van der Waals surface area contributed by atoms with E-state index in [0.717, 1.165) is 18.0 Å². The van der Waals surface area contributed by atoms with E-state index < -0.39 is 17.5 Å². The average Bonchev–Trinajstić information content (AvgIpc) is 3.05. The molecule has 0 bridgehead atoms. The molecule has 5 nitrogen and oxygen atoms in total. The maximum atomic E-state index is 14.2. The molecule has 3 aromatic heterocycles. The Labute approximate surface area is 146 Å². The van der Waals surface area contributed by atoms with Crippen LogP contribution >= 0.6 is 0 Å². The lowest BCUT2D eigenvalue weighted by Gasteiger charge is -2.03. The summed E-state index contributed by atoms with van der Waals surface area (Å²) in [4.78, 5) is 12.2. The molecule has 0 aliphatic heterocycles. The summed E-state index contributed by atoms with van der Waals surface area (Å²) in [5.74, 6) is -1.65. The zero-order valence-corrected chi connectivity index (χ0v) is 13.5. The summed E-state index contributed by atoms with van der Waals surface area (Å²) in [5.41, 5.74) is 1.76. The first kappa shape index (κ1) is 16.1. The third kappa shape index (κ3) is 2.75. The van der Waals surface area contributed by atoms with Crippen LogP contribution in [0.5, 0.6) is 0 Å². The molecule has 0 radical (unpaired) electrons. The van der Waals surface area contributed by atoms with Crippen molar-refractivity contribution in [3.63, 3.8) is 0 Å². The van der Waals surface area contributed by atoms with Crippen molar-refractivity contribution in [1.82, 2.24) is 19.4 Å². The van der Waals surface area contributed by atoms with Crippen LogP contribution in [0.15, 0.2) is 49.1 Å². The van der Waals surface area contributed by atoms with Gasteiger partial charge in [-0.05, 0) is 18.2 Å². The summed E-state index contributed by atoms with van der Waals surface area (Å²) < 4.78 is 42.7. The molecule has 4 rings (SSSR count). The highest BCUT2D eigenvalue weighted by atomic mass is 19.1. The third-order valence-corrected chi connectivity index (χ3v) is 3.92. The van der Waals surface area contributed by atoms with E-state index in [9.17, 15) is 13.2 Å². The Kier molecular flexibility index (Phi) is 3.80. The zero-order chi connectivity index (χ0) is 18.3. The van der Waals surface area contributed by atoms with Gasteiger partial charge in [0.15, 0.2) is 5.82 Å². The Hall–Kier alpha value is -3.42. The van der Waals surface area contributed by atoms with Crippen molar-refractivity contribution in [2.45, 2.75) is 0 Å². The normalized spacial score (nSPS) is 11.1. The number of hydrogen-bond acceptors (Lipinski definition) is 4. The number of benzene rings is 1. The van der Waals surface area contributed by atoms with E-state index in [2.05, 4.69) is 20.3 Å². The molecule has 26 heavy (non-hydrogen) atoms. The van der Waals surface area contributed by atoms with Gasteiger partial charge in [-0.2, -0.15) is 0 Å². The molecule has 0 fully saturated rings. The largest absolute Gasteiger partial charge is 0.388 e. The number of imidazole rings is 1. The second kappa shape index (κ2) is 6.14. The van der Waals surface area contributed by atoms with Crippen molar-refractivity contribution in [2.75, 3.05) is 12.4 Å². The fourth-order valence-electron chi connectivity index (χ4n) is 2.64. The van der Waals surface area contributed by atoms with Crippen LogP contribution in [0.2, 0.25) is 0 Å². The highest BCUT2D eigenvalue weighted by Gasteiger charge is 2.14. The number of halogens is 3. The van der Waals surface area contributed by atoms with Crippen LogP contribution in [0.1, 0.15) is 0 Å². The summed E-state index contributed by atoms with van der Waals surface area (Å²) >= 11 is 0. The monoisotopic (exact) mass is 355 g/mol. The van der Waals surface area contributed by atoms with Crippen LogP contribution in [-0.4, -0.2) is 26.4 Å². The minimum Gasteiger partial charge on any atom is -0.388 e. The van der Waals surface area contributed by atoms with Crippen molar-refractivity contribution >= 4 is 11.5 Å². The molecular weight excluding hydrogens is 343 g/mol. The maximum Gasteiger partial charge on any atom is 0.234 e. The first-order chi connectivity index (χ1) is 12.5. The first-order valence-electron chi connectivity index (χ1n) is 7.69. The van der Waals surface area contributed by atoms with E-state index in [1.807, 2.05) is 0 Å². The summed E-state index contributed by atoms with van der Waals surface area (Å²) in [7, 11) is 1.73. The van der Waals surface area contributed by atoms with Gasteiger partial charge in [0.05, 0.1) is 11.9 Å².